The monoisotopic (exact) mass is 376 g/mol. The van der Waals surface area contributed by atoms with Crippen molar-refractivity contribution in [2.45, 2.75) is 32.2 Å². The van der Waals surface area contributed by atoms with Crippen molar-refractivity contribution in [2.75, 3.05) is 27.4 Å². The molecule has 140 valence electrons. The van der Waals surface area contributed by atoms with Gasteiger partial charge in [-0.15, -0.1) is 11.3 Å². The number of amides is 1. The zero-order chi connectivity index (χ0) is 18.5. The lowest BCUT2D eigenvalue weighted by atomic mass is 10.1. The molecule has 0 aliphatic carbocycles. The first kappa shape index (κ1) is 18.7. The Bertz CT molecular complexity index is 769. The lowest BCUT2D eigenvalue weighted by Gasteiger charge is -2.23. The number of nitrogens with zero attached hydrogens (tertiary/aromatic N) is 1. The van der Waals surface area contributed by atoms with E-state index in [1.54, 1.807) is 25.6 Å². The topological polar surface area (TPSA) is 69.7 Å². The molecule has 3 rings (SSSR count). The van der Waals surface area contributed by atoms with E-state index in [4.69, 9.17) is 14.2 Å². The van der Waals surface area contributed by atoms with Gasteiger partial charge >= 0.3 is 0 Å². The van der Waals surface area contributed by atoms with Crippen LogP contribution in [-0.2, 0) is 16.0 Å². The molecule has 1 unspecified atom stereocenters. The summed E-state index contributed by atoms with van der Waals surface area (Å²) in [7, 11) is 3.21. The minimum atomic E-state index is 0.00544. The Labute approximate surface area is 157 Å². The molecule has 1 saturated heterocycles. The van der Waals surface area contributed by atoms with Gasteiger partial charge in [0.2, 0.25) is 5.91 Å². The molecule has 7 heteroatoms. The molecule has 1 aromatic carbocycles. The average molecular weight is 376 g/mol. The highest BCUT2D eigenvalue weighted by atomic mass is 32.1. The average Bonchev–Trinajstić information content (AvgIpc) is 3.01. The van der Waals surface area contributed by atoms with E-state index in [9.17, 15) is 4.79 Å². The van der Waals surface area contributed by atoms with E-state index in [2.05, 4.69) is 10.3 Å². The van der Waals surface area contributed by atoms with Crippen LogP contribution in [0.25, 0.3) is 11.3 Å². The second kappa shape index (κ2) is 8.51. The lowest BCUT2D eigenvalue weighted by Crippen LogP contribution is -2.41. The second-order valence-electron chi connectivity index (χ2n) is 6.23. The fourth-order valence-electron chi connectivity index (χ4n) is 3.08. The third kappa shape index (κ3) is 4.34. The van der Waals surface area contributed by atoms with E-state index in [0.717, 1.165) is 40.6 Å². The Morgan fingerprint density at radius 3 is 2.85 bits per heavy atom. The van der Waals surface area contributed by atoms with Gasteiger partial charge in [-0.3, -0.25) is 4.79 Å². The summed E-state index contributed by atoms with van der Waals surface area (Å²) in [4.78, 5) is 18.0. The van der Waals surface area contributed by atoms with E-state index in [0.29, 0.717) is 24.5 Å². The SMILES string of the molecule is COc1ccc(-c2nc(C)sc2CC(=O)NC2CCCOC2)cc1OC. The van der Waals surface area contributed by atoms with Gasteiger partial charge in [0.1, 0.15) is 0 Å². The molecule has 1 amide bonds. The van der Waals surface area contributed by atoms with Gasteiger partial charge in [-0.25, -0.2) is 4.98 Å². The van der Waals surface area contributed by atoms with Gasteiger partial charge in [-0.2, -0.15) is 0 Å². The molecule has 1 aromatic heterocycles. The lowest BCUT2D eigenvalue weighted by molar-refractivity contribution is -0.122. The van der Waals surface area contributed by atoms with Crippen molar-refractivity contribution in [2.24, 2.45) is 0 Å². The van der Waals surface area contributed by atoms with Crippen LogP contribution in [0.1, 0.15) is 22.7 Å². The summed E-state index contributed by atoms with van der Waals surface area (Å²) in [6.07, 6.45) is 2.27. The molecule has 6 nitrogen and oxygen atoms in total. The molecule has 0 bridgehead atoms. The first-order valence-electron chi connectivity index (χ1n) is 8.66. The number of aryl methyl sites for hydroxylation is 1. The fourth-order valence-corrected chi connectivity index (χ4v) is 4.03. The third-order valence-corrected chi connectivity index (χ3v) is 5.28. The number of rotatable bonds is 6. The minimum Gasteiger partial charge on any atom is -0.493 e. The molecule has 0 radical (unpaired) electrons. The highest BCUT2D eigenvalue weighted by Crippen LogP contribution is 2.35. The Balaban J connectivity index is 1.78. The maximum absolute atomic E-state index is 12.5. The zero-order valence-corrected chi connectivity index (χ0v) is 16.1. The number of hydrogen-bond donors (Lipinski definition) is 1. The standard InChI is InChI=1S/C19H24N2O4S/c1-12-20-19(13-6-7-15(23-2)16(9-13)24-3)17(26-12)10-18(22)21-14-5-4-8-25-11-14/h6-7,9,14H,4-5,8,10-11H2,1-3H3,(H,21,22). The Kier molecular flexibility index (Phi) is 6.11. The molecule has 1 N–H and O–H groups in total. The summed E-state index contributed by atoms with van der Waals surface area (Å²) < 4.78 is 16.1. The third-order valence-electron chi connectivity index (χ3n) is 4.31. The van der Waals surface area contributed by atoms with Gasteiger partial charge in [-0.1, -0.05) is 0 Å². The molecular formula is C19H24N2O4S. The molecule has 0 saturated carbocycles. The predicted octanol–water partition coefficient (Wildman–Crippen LogP) is 2.97. The summed E-state index contributed by atoms with van der Waals surface area (Å²) >= 11 is 1.55. The molecule has 1 fully saturated rings. The number of hydrogen-bond acceptors (Lipinski definition) is 6. The number of carbonyl (C=O) groups is 1. The molecule has 1 aliphatic rings. The molecule has 1 atom stereocenters. The van der Waals surface area contributed by atoms with Crippen LogP contribution in [0.4, 0.5) is 0 Å². The Morgan fingerprint density at radius 1 is 1.35 bits per heavy atom. The minimum absolute atomic E-state index is 0.00544. The van der Waals surface area contributed by atoms with Crippen LogP contribution >= 0.6 is 11.3 Å². The maximum Gasteiger partial charge on any atom is 0.225 e. The van der Waals surface area contributed by atoms with Crippen molar-refractivity contribution in [3.63, 3.8) is 0 Å². The normalized spacial score (nSPS) is 17.0. The summed E-state index contributed by atoms with van der Waals surface area (Å²) in [5.41, 5.74) is 1.74. The van der Waals surface area contributed by atoms with E-state index in [1.165, 1.54) is 0 Å². The Morgan fingerprint density at radius 2 is 2.15 bits per heavy atom. The number of methoxy groups -OCH3 is 2. The van der Waals surface area contributed by atoms with Crippen LogP contribution in [0.5, 0.6) is 11.5 Å². The second-order valence-corrected chi connectivity index (χ2v) is 7.52. The van der Waals surface area contributed by atoms with Gasteiger partial charge in [0, 0.05) is 17.0 Å². The zero-order valence-electron chi connectivity index (χ0n) is 15.3. The number of ether oxygens (including phenoxy) is 3. The van der Waals surface area contributed by atoms with Gasteiger partial charge in [0.15, 0.2) is 11.5 Å². The fraction of sp³-hybridized carbons (Fsp3) is 0.474. The van der Waals surface area contributed by atoms with E-state index >= 15 is 0 Å². The molecule has 0 spiro atoms. The van der Waals surface area contributed by atoms with E-state index in [-0.39, 0.29) is 11.9 Å². The largest absolute Gasteiger partial charge is 0.493 e. The maximum atomic E-state index is 12.5. The van der Waals surface area contributed by atoms with E-state index in [1.807, 2.05) is 25.1 Å². The van der Waals surface area contributed by atoms with Crippen molar-refractivity contribution in [3.05, 3.63) is 28.1 Å². The number of carbonyl (C=O) groups excluding carboxylic acids is 1. The summed E-state index contributed by atoms with van der Waals surface area (Å²) in [6, 6.07) is 5.79. The van der Waals surface area contributed by atoms with Crippen molar-refractivity contribution < 1.29 is 19.0 Å². The smallest absolute Gasteiger partial charge is 0.225 e. The van der Waals surface area contributed by atoms with Crippen molar-refractivity contribution in [1.82, 2.24) is 10.3 Å². The van der Waals surface area contributed by atoms with Crippen LogP contribution in [0.3, 0.4) is 0 Å². The highest BCUT2D eigenvalue weighted by Gasteiger charge is 2.20. The van der Waals surface area contributed by atoms with Crippen LogP contribution in [0.15, 0.2) is 18.2 Å². The van der Waals surface area contributed by atoms with Gasteiger partial charge in [0.25, 0.3) is 0 Å². The molecular weight excluding hydrogens is 352 g/mol. The number of nitrogens with one attached hydrogen (secondary N) is 1. The van der Waals surface area contributed by atoms with Crippen LogP contribution < -0.4 is 14.8 Å². The first-order valence-corrected chi connectivity index (χ1v) is 9.48. The Hall–Kier alpha value is -2.12. The van der Waals surface area contributed by atoms with Crippen LogP contribution in [-0.4, -0.2) is 44.4 Å². The van der Waals surface area contributed by atoms with Crippen LogP contribution in [0.2, 0.25) is 0 Å². The highest BCUT2D eigenvalue weighted by molar-refractivity contribution is 7.12. The number of benzene rings is 1. The summed E-state index contributed by atoms with van der Waals surface area (Å²) in [5, 5.41) is 4.00. The quantitative estimate of drug-likeness (QED) is 0.839. The van der Waals surface area contributed by atoms with Crippen LogP contribution in [0, 0.1) is 6.92 Å². The summed E-state index contributed by atoms with van der Waals surface area (Å²) in [5.74, 6) is 1.32. The van der Waals surface area contributed by atoms with Gasteiger partial charge in [-0.05, 0) is 38.0 Å². The van der Waals surface area contributed by atoms with Gasteiger partial charge in [0.05, 0.1) is 44.0 Å². The molecule has 1 aliphatic heterocycles. The van der Waals surface area contributed by atoms with E-state index < -0.39 is 0 Å². The predicted molar refractivity (Wildman–Crippen MR) is 101 cm³/mol. The number of thiazole rings is 1. The first-order chi connectivity index (χ1) is 12.6. The number of aromatic nitrogens is 1. The van der Waals surface area contributed by atoms with Crippen molar-refractivity contribution in [1.29, 1.82) is 0 Å². The summed E-state index contributed by atoms with van der Waals surface area (Å²) in [6.45, 7) is 3.32. The van der Waals surface area contributed by atoms with Crippen molar-refractivity contribution >= 4 is 17.2 Å². The molecule has 26 heavy (non-hydrogen) atoms. The molecule has 2 aromatic rings. The van der Waals surface area contributed by atoms with Crippen molar-refractivity contribution in [3.8, 4) is 22.8 Å². The molecule has 2 heterocycles. The van der Waals surface area contributed by atoms with Gasteiger partial charge < -0.3 is 19.5 Å².